The first-order valence-corrected chi connectivity index (χ1v) is 12.1. The lowest BCUT2D eigenvalue weighted by Crippen LogP contribution is -2.30. The highest BCUT2D eigenvalue weighted by molar-refractivity contribution is 7.22. The van der Waals surface area contributed by atoms with Crippen molar-refractivity contribution in [2.45, 2.75) is 19.4 Å². The lowest BCUT2D eigenvalue weighted by atomic mass is 9.93. The van der Waals surface area contributed by atoms with E-state index in [4.69, 9.17) is 21.3 Å². The van der Waals surface area contributed by atoms with Gasteiger partial charge in [-0.05, 0) is 60.0 Å². The molecule has 1 N–H and O–H groups in total. The molecule has 170 valence electrons. The maximum atomic E-state index is 11.7. The predicted molar refractivity (Wildman–Crippen MR) is 135 cm³/mol. The molecular weight excluding hydrogens is 470 g/mol. The maximum Gasteiger partial charge on any atom is 0.307 e. The monoisotopic (exact) mass is 489 g/mol. The first kappa shape index (κ1) is 21.3. The number of nitrogens with zero attached hydrogens (tertiary/aromatic N) is 3. The zero-order valence-electron chi connectivity index (χ0n) is 18.3. The van der Waals surface area contributed by atoms with Crippen molar-refractivity contribution in [3.63, 3.8) is 0 Å². The number of rotatable bonds is 5. The van der Waals surface area contributed by atoms with E-state index in [0.717, 1.165) is 53.9 Å². The highest BCUT2D eigenvalue weighted by Crippen LogP contribution is 2.41. The summed E-state index contributed by atoms with van der Waals surface area (Å²) in [6, 6.07) is 16.0. The van der Waals surface area contributed by atoms with Crippen LogP contribution < -0.4 is 0 Å². The van der Waals surface area contributed by atoms with Crippen LogP contribution in [0.4, 0.5) is 0 Å². The number of aryl methyl sites for hydroxylation is 1. The fourth-order valence-electron chi connectivity index (χ4n) is 4.40. The quantitative estimate of drug-likeness (QED) is 0.321. The summed E-state index contributed by atoms with van der Waals surface area (Å²) >= 11 is 7.70. The molecule has 6 nitrogen and oxygen atoms in total. The summed E-state index contributed by atoms with van der Waals surface area (Å²) in [6.07, 6.45) is 2.01. The van der Waals surface area contributed by atoms with Gasteiger partial charge in [-0.1, -0.05) is 23.7 Å². The van der Waals surface area contributed by atoms with Crippen molar-refractivity contribution >= 4 is 50.0 Å². The van der Waals surface area contributed by atoms with Gasteiger partial charge in [-0.3, -0.25) is 9.48 Å². The van der Waals surface area contributed by atoms with Crippen molar-refractivity contribution in [1.29, 1.82) is 0 Å². The summed E-state index contributed by atoms with van der Waals surface area (Å²) in [4.78, 5) is 16.6. The first-order valence-electron chi connectivity index (χ1n) is 10.9. The summed E-state index contributed by atoms with van der Waals surface area (Å²) in [7, 11) is 0. The van der Waals surface area contributed by atoms with Crippen LogP contribution in [-0.2, 0) is 16.0 Å². The van der Waals surface area contributed by atoms with Crippen LogP contribution in [0.25, 0.3) is 42.8 Å². The van der Waals surface area contributed by atoms with Crippen molar-refractivity contribution in [2.75, 3.05) is 13.2 Å². The van der Waals surface area contributed by atoms with Gasteiger partial charge in [-0.2, -0.15) is 5.10 Å². The van der Waals surface area contributed by atoms with E-state index in [1.807, 2.05) is 54.1 Å². The Bertz CT molecular complexity index is 1570. The number of thiazole rings is 1. The van der Waals surface area contributed by atoms with E-state index in [9.17, 15) is 9.90 Å². The zero-order chi connectivity index (χ0) is 23.4. The number of aliphatic carboxylic acids is 1. The Labute approximate surface area is 204 Å². The molecule has 0 aliphatic carbocycles. The number of carboxylic acid groups (broad SMARTS) is 1. The first-order chi connectivity index (χ1) is 16.5. The third-order valence-electron chi connectivity index (χ3n) is 6.24. The van der Waals surface area contributed by atoms with Gasteiger partial charge in [0.15, 0.2) is 0 Å². The molecule has 0 atom stereocenters. The molecular formula is C26H20ClN3O3S. The molecule has 3 aromatic carbocycles. The summed E-state index contributed by atoms with van der Waals surface area (Å²) in [5.41, 5.74) is 6.38. The molecule has 0 bridgehead atoms. The number of carbonyl (C=O) groups is 1. The third-order valence-corrected chi connectivity index (χ3v) is 7.63. The third kappa shape index (κ3) is 3.66. The van der Waals surface area contributed by atoms with Crippen molar-refractivity contribution in [1.82, 2.24) is 14.8 Å². The van der Waals surface area contributed by atoms with Gasteiger partial charge in [0.1, 0.15) is 5.01 Å². The minimum Gasteiger partial charge on any atom is -0.481 e. The van der Waals surface area contributed by atoms with Gasteiger partial charge in [-0.15, -0.1) is 11.3 Å². The maximum absolute atomic E-state index is 11.7. The van der Waals surface area contributed by atoms with Gasteiger partial charge in [-0.25, -0.2) is 4.98 Å². The molecule has 1 saturated heterocycles. The van der Waals surface area contributed by atoms with Gasteiger partial charge in [0.05, 0.1) is 41.4 Å². The molecule has 2 aromatic heterocycles. The Kier molecular flexibility index (Phi) is 5.13. The summed E-state index contributed by atoms with van der Waals surface area (Å²) in [6.45, 7) is 3.34. The fraction of sp³-hybridized carbons (Fsp3) is 0.192. The van der Waals surface area contributed by atoms with E-state index in [2.05, 4.69) is 17.4 Å². The van der Waals surface area contributed by atoms with E-state index in [1.54, 1.807) is 11.3 Å². The van der Waals surface area contributed by atoms with Crippen molar-refractivity contribution in [3.8, 4) is 21.7 Å². The second-order valence-electron chi connectivity index (χ2n) is 8.57. The number of ether oxygens (including phenoxy) is 1. The van der Waals surface area contributed by atoms with E-state index >= 15 is 0 Å². The van der Waals surface area contributed by atoms with E-state index in [1.165, 1.54) is 0 Å². The highest BCUT2D eigenvalue weighted by Gasteiger charge is 2.22. The number of hydrogen-bond acceptors (Lipinski definition) is 5. The lowest BCUT2D eigenvalue weighted by molar-refractivity contribution is -0.136. The molecule has 0 saturated carbocycles. The minimum absolute atomic E-state index is 0.0526. The average molecular weight is 490 g/mol. The predicted octanol–water partition coefficient (Wildman–Crippen LogP) is 6.14. The molecule has 8 heteroatoms. The minimum atomic E-state index is -0.860. The van der Waals surface area contributed by atoms with E-state index in [-0.39, 0.29) is 6.42 Å². The van der Waals surface area contributed by atoms with Crippen LogP contribution in [0.3, 0.4) is 0 Å². The molecule has 1 fully saturated rings. The van der Waals surface area contributed by atoms with E-state index in [0.29, 0.717) is 24.3 Å². The fourth-order valence-corrected chi connectivity index (χ4v) is 5.66. The van der Waals surface area contributed by atoms with Crippen LogP contribution in [-0.4, -0.2) is 39.1 Å². The molecule has 0 radical (unpaired) electrons. The Balaban J connectivity index is 1.51. The highest BCUT2D eigenvalue weighted by atomic mass is 35.5. The number of halogens is 1. The SMILES string of the molecule is Cc1cc2nc(-c3ccc4nn(C5COC5)cc4c3)sc2c(-c2ccc(Cl)cc2)c1CC(=O)O. The van der Waals surface area contributed by atoms with E-state index < -0.39 is 5.97 Å². The molecule has 1 aliphatic heterocycles. The van der Waals surface area contributed by atoms with Crippen LogP contribution in [0.2, 0.25) is 5.02 Å². The largest absolute Gasteiger partial charge is 0.481 e. The molecule has 6 rings (SSSR count). The zero-order valence-corrected chi connectivity index (χ0v) is 19.9. The second kappa shape index (κ2) is 8.20. The lowest BCUT2D eigenvalue weighted by Gasteiger charge is -2.25. The summed E-state index contributed by atoms with van der Waals surface area (Å²) in [5, 5.41) is 16.8. The molecule has 0 amide bonds. The Morgan fingerprint density at radius 2 is 1.91 bits per heavy atom. The molecule has 0 unspecified atom stereocenters. The number of carboxylic acids is 1. The van der Waals surface area contributed by atoms with Crippen molar-refractivity contribution < 1.29 is 14.6 Å². The van der Waals surface area contributed by atoms with Gasteiger partial charge in [0.2, 0.25) is 0 Å². The van der Waals surface area contributed by atoms with Crippen molar-refractivity contribution in [2.24, 2.45) is 0 Å². The molecule has 1 aliphatic rings. The van der Waals surface area contributed by atoms with Gasteiger partial charge in [0.25, 0.3) is 0 Å². The smallest absolute Gasteiger partial charge is 0.307 e. The number of fused-ring (bicyclic) bond motifs is 2. The topological polar surface area (TPSA) is 77.2 Å². The Hall–Kier alpha value is -3.26. The summed E-state index contributed by atoms with van der Waals surface area (Å²) in [5.74, 6) is -0.860. The normalized spacial score (nSPS) is 14.1. The molecule has 5 aromatic rings. The Morgan fingerprint density at radius 1 is 1.15 bits per heavy atom. The average Bonchev–Trinajstić information content (AvgIpc) is 3.36. The Morgan fingerprint density at radius 3 is 2.62 bits per heavy atom. The van der Waals surface area contributed by atoms with Crippen LogP contribution in [0.15, 0.2) is 54.7 Å². The number of hydrogen-bond donors (Lipinski definition) is 1. The van der Waals surface area contributed by atoms with Crippen LogP contribution in [0.1, 0.15) is 17.2 Å². The molecule has 34 heavy (non-hydrogen) atoms. The van der Waals surface area contributed by atoms with Gasteiger partial charge >= 0.3 is 5.97 Å². The van der Waals surface area contributed by atoms with Crippen molar-refractivity contribution in [3.05, 3.63) is 70.9 Å². The standard InChI is InChI=1S/C26H20ClN3O3S/c1-14-8-22-25(24(20(14)10-23(31)32)15-2-5-18(27)6-3-15)34-26(28-22)16-4-7-21-17(9-16)11-30(29-21)19-12-33-13-19/h2-9,11,19H,10,12-13H2,1H3,(H,31,32). The van der Waals surface area contributed by atoms with Crippen LogP contribution in [0.5, 0.6) is 0 Å². The number of benzene rings is 3. The van der Waals surface area contributed by atoms with Crippen LogP contribution in [0, 0.1) is 6.92 Å². The van der Waals surface area contributed by atoms with Gasteiger partial charge in [0, 0.05) is 27.7 Å². The summed E-state index contributed by atoms with van der Waals surface area (Å²) < 4.78 is 8.25. The van der Waals surface area contributed by atoms with Crippen LogP contribution >= 0.6 is 22.9 Å². The second-order valence-corrected chi connectivity index (χ2v) is 10.0. The number of aromatic nitrogens is 3. The molecule has 0 spiro atoms. The van der Waals surface area contributed by atoms with Gasteiger partial charge < -0.3 is 9.84 Å². The molecule has 3 heterocycles.